The van der Waals surface area contributed by atoms with Crippen molar-refractivity contribution in [2.75, 3.05) is 43.4 Å². The molecule has 2 aliphatic carbocycles. The lowest BCUT2D eigenvalue weighted by Crippen LogP contribution is -2.44. The molecular weight excluding hydrogens is 518 g/mol. The van der Waals surface area contributed by atoms with Gasteiger partial charge in [-0.15, -0.1) is 0 Å². The number of aryl methyl sites for hydroxylation is 1. The molecule has 0 unspecified atom stereocenters. The van der Waals surface area contributed by atoms with E-state index < -0.39 is 9.84 Å². The Hall–Kier alpha value is -2.68. The number of fused-ring (bicyclic) bond motifs is 1. The van der Waals surface area contributed by atoms with Gasteiger partial charge in [-0.25, -0.2) is 18.4 Å². The Morgan fingerprint density at radius 1 is 1.00 bits per heavy atom. The zero-order valence-electron chi connectivity index (χ0n) is 21.8. The Morgan fingerprint density at radius 3 is 2.50 bits per heavy atom. The molecule has 1 N–H and O–H groups in total. The van der Waals surface area contributed by atoms with Crippen molar-refractivity contribution in [3.8, 4) is 0 Å². The van der Waals surface area contributed by atoms with Gasteiger partial charge >= 0.3 is 0 Å². The summed E-state index contributed by atoms with van der Waals surface area (Å²) < 4.78 is 25.2. The number of nitrogens with one attached hydrogen (secondary N) is 1. The number of hydrogen-bond donors (Lipinski definition) is 1. The van der Waals surface area contributed by atoms with E-state index in [0.29, 0.717) is 23.0 Å². The minimum Gasteiger partial charge on any atom is -0.369 e. The van der Waals surface area contributed by atoms with Crippen LogP contribution in [-0.4, -0.2) is 61.8 Å². The number of nitrogens with zero attached hydrogens (tertiary/aromatic N) is 4. The maximum atomic E-state index is 12.6. The maximum absolute atomic E-state index is 12.6. The van der Waals surface area contributed by atoms with Crippen molar-refractivity contribution < 1.29 is 8.42 Å². The minimum atomic E-state index is -3.14. The van der Waals surface area contributed by atoms with Crippen molar-refractivity contribution in [2.45, 2.75) is 49.5 Å². The Labute approximate surface area is 230 Å². The number of benzene rings is 2. The summed E-state index contributed by atoms with van der Waals surface area (Å²) in [5.41, 5.74) is 7.24. The molecule has 0 bridgehead atoms. The first-order chi connectivity index (χ1) is 18.3. The number of aromatic nitrogens is 2. The molecule has 38 heavy (non-hydrogen) atoms. The second-order valence-electron chi connectivity index (χ2n) is 10.8. The van der Waals surface area contributed by atoms with Gasteiger partial charge in [0.2, 0.25) is 5.95 Å². The first kappa shape index (κ1) is 25.6. The molecule has 0 atom stereocenters. The van der Waals surface area contributed by atoms with Crippen LogP contribution in [-0.2, 0) is 34.9 Å². The third-order valence-corrected chi connectivity index (χ3v) is 10.5. The van der Waals surface area contributed by atoms with Crippen molar-refractivity contribution in [3.63, 3.8) is 0 Å². The van der Waals surface area contributed by atoms with Crippen LogP contribution < -0.4 is 10.2 Å². The van der Waals surface area contributed by atoms with Crippen LogP contribution in [0.1, 0.15) is 47.3 Å². The van der Waals surface area contributed by atoms with E-state index in [1.54, 1.807) is 0 Å². The minimum absolute atomic E-state index is 0.00313. The maximum Gasteiger partial charge on any atom is 0.227 e. The summed E-state index contributed by atoms with van der Waals surface area (Å²) >= 11 is 6.40. The van der Waals surface area contributed by atoms with E-state index in [-0.39, 0.29) is 11.0 Å². The van der Waals surface area contributed by atoms with Crippen LogP contribution in [0.25, 0.3) is 0 Å². The molecular formula is C29H34ClN5O2S. The Bertz CT molecular complexity index is 1430. The Balaban J connectivity index is 1.20. The van der Waals surface area contributed by atoms with E-state index >= 15 is 0 Å². The molecule has 3 aromatic rings. The van der Waals surface area contributed by atoms with Gasteiger partial charge in [-0.2, -0.15) is 0 Å². The molecule has 1 saturated heterocycles. The highest BCUT2D eigenvalue weighted by Gasteiger charge is 2.35. The SMILES string of the molecule is CN1CCN(c2ccc(Nc3nc4c(c(Cc5ccc(Cl)c(CS(=O)(=O)C6CC6)c5)n3)CCC4)cc2)CC1. The van der Waals surface area contributed by atoms with Crippen molar-refractivity contribution >= 4 is 38.8 Å². The van der Waals surface area contributed by atoms with Crippen LogP contribution in [0, 0.1) is 0 Å². The average molecular weight is 552 g/mol. The quantitative estimate of drug-likeness (QED) is 0.431. The second kappa shape index (κ2) is 10.5. The van der Waals surface area contributed by atoms with Crippen molar-refractivity contribution in [1.82, 2.24) is 14.9 Å². The van der Waals surface area contributed by atoms with E-state index in [4.69, 9.17) is 21.6 Å². The topological polar surface area (TPSA) is 78.4 Å². The summed E-state index contributed by atoms with van der Waals surface area (Å²) in [7, 11) is -0.974. The molecule has 7 nitrogen and oxygen atoms in total. The Kier molecular flexibility index (Phi) is 7.05. The normalized spacial score (nSPS) is 18.0. The first-order valence-corrected chi connectivity index (χ1v) is 15.6. The van der Waals surface area contributed by atoms with Crippen LogP contribution in [0.5, 0.6) is 0 Å². The third-order valence-electron chi connectivity index (χ3n) is 7.88. The van der Waals surface area contributed by atoms with Gasteiger partial charge < -0.3 is 15.1 Å². The van der Waals surface area contributed by atoms with Crippen LogP contribution in [0.4, 0.5) is 17.3 Å². The first-order valence-electron chi connectivity index (χ1n) is 13.5. The Morgan fingerprint density at radius 2 is 1.76 bits per heavy atom. The van der Waals surface area contributed by atoms with Gasteiger partial charge in [0.1, 0.15) is 0 Å². The predicted molar refractivity (Wildman–Crippen MR) is 153 cm³/mol. The van der Waals surface area contributed by atoms with Gasteiger partial charge in [0.15, 0.2) is 9.84 Å². The van der Waals surface area contributed by atoms with Crippen molar-refractivity contribution in [1.29, 1.82) is 0 Å². The van der Waals surface area contributed by atoms with E-state index in [2.05, 4.69) is 46.4 Å². The third kappa shape index (κ3) is 5.67. The molecule has 2 fully saturated rings. The molecule has 2 heterocycles. The highest BCUT2D eigenvalue weighted by Crippen LogP contribution is 2.33. The lowest BCUT2D eigenvalue weighted by molar-refractivity contribution is 0.313. The lowest BCUT2D eigenvalue weighted by atomic mass is 10.0. The molecule has 2 aromatic carbocycles. The summed E-state index contributed by atoms with van der Waals surface area (Å²) in [6.45, 7) is 4.24. The highest BCUT2D eigenvalue weighted by molar-refractivity contribution is 7.91. The van der Waals surface area contributed by atoms with Gasteiger partial charge in [0, 0.05) is 54.7 Å². The summed E-state index contributed by atoms with van der Waals surface area (Å²) in [5, 5.41) is 3.73. The molecule has 1 aromatic heterocycles. The number of piperazine rings is 1. The smallest absolute Gasteiger partial charge is 0.227 e. The molecule has 1 saturated carbocycles. The summed E-state index contributed by atoms with van der Waals surface area (Å²) in [4.78, 5) is 14.5. The van der Waals surface area contributed by atoms with Crippen LogP contribution >= 0.6 is 11.6 Å². The van der Waals surface area contributed by atoms with Gasteiger partial charge in [-0.1, -0.05) is 23.7 Å². The van der Waals surface area contributed by atoms with Crippen LogP contribution in [0.3, 0.4) is 0 Å². The molecule has 9 heteroatoms. The van der Waals surface area contributed by atoms with Gasteiger partial charge in [-0.05, 0) is 86.2 Å². The molecule has 200 valence electrons. The summed E-state index contributed by atoms with van der Waals surface area (Å²) in [6, 6.07) is 14.2. The number of rotatable bonds is 8. The predicted octanol–water partition coefficient (Wildman–Crippen LogP) is 4.78. The highest BCUT2D eigenvalue weighted by atomic mass is 35.5. The molecule has 3 aliphatic rings. The molecule has 0 amide bonds. The number of halogens is 1. The fourth-order valence-corrected chi connectivity index (χ4v) is 7.49. The van der Waals surface area contributed by atoms with Crippen LogP contribution in [0.15, 0.2) is 42.5 Å². The average Bonchev–Trinajstić information content (AvgIpc) is 3.66. The monoisotopic (exact) mass is 551 g/mol. The number of hydrogen-bond acceptors (Lipinski definition) is 7. The van der Waals surface area contributed by atoms with Gasteiger partial charge in [0.05, 0.1) is 16.7 Å². The molecule has 6 rings (SSSR count). The van der Waals surface area contributed by atoms with Gasteiger partial charge in [-0.3, -0.25) is 0 Å². The zero-order valence-corrected chi connectivity index (χ0v) is 23.4. The molecule has 1 aliphatic heterocycles. The summed E-state index contributed by atoms with van der Waals surface area (Å²) in [5.74, 6) is 0.613. The van der Waals surface area contributed by atoms with Gasteiger partial charge in [0.25, 0.3) is 0 Å². The van der Waals surface area contributed by atoms with Crippen molar-refractivity contribution in [3.05, 3.63) is 75.6 Å². The largest absolute Gasteiger partial charge is 0.369 e. The number of anilines is 3. The lowest BCUT2D eigenvalue weighted by Gasteiger charge is -2.34. The van der Waals surface area contributed by atoms with Crippen molar-refractivity contribution in [2.24, 2.45) is 0 Å². The number of sulfone groups is 1. The van der Waals surface area contributed by atoms with E-state index in [1.165, 1.54) is 11.3 Å². The van der Waals surface area contributed by atoms with E-state index in [1.807, 2.05) is 18.2 Å². The standard InChI is InChI=1S/C29H34ClN5O2S/c1-34-13-15-35(16-14-34)23-8-6-22(7-9-23)31-29-32-27-4-2-3-25(27)28(33-29)18-20-5-12-26(30)21(17-20)19-38(36,37)24-10-11-24/h5-9,12,17,24H,2-4,10-11,13-16,18-19H2,1H3,(H,31,32,33). The fourth-order valence-electron chi connectivity index (χ4n) is 5.47. The van der Waals surface area contributed by atoms with Crippen LogP contribution in [0.2, 0.25) is 5.02 Å². The zero-order chi connectivity index (χ0) is 26.3. The van der Waals surface area contributed by atoms with E-state index in [0.717, 1.165) is 80.9 Å². The molecule has 0 radical (unpaired) electrons. The fraction of sp³-hybridized carbons (Fsp3) is 0.448. The second-order valence-corrected chi connectivity index (χ2v) is 13.5. The summed E-state index contributed by atoms with van der Waals surface area (Å²) in [6.07, 6.45) is 5.15. The van der Waals surface area contributed by atoms with E-state index in [9.17, 15) is 8.42 Å². The molecule has 0 spiro atoms. The number of likely N-dealkylation sites (N-methyl/N-ethyl adjacent to an activating group) is 1.